The van der Waals surface area contributed by atoms with E-state index in [0.29, 0.717) is 42.7 Å². The minimum atomic E-state index is -0.571. The number of nitrogens with one attached hydrogen (secondary N) is 1. The van der Waals surface area contributed by atoms with Crippen LogP contribution in [0.3, 0.4) is 0 Å². The highest BCUT2D eigenvalue weighted by molar-refractivity contribution is 6.30. The summed E-state index contributed by atoms with van der Waals surface area (Å²) in [5.41, 5.74) is 1.92. The molecular formula is C28H37ClN2O4. The molecule has 1 N–H and O–H groups in total. The molecule has 1 aliphatic carbocycles. The highest BCUT2D eigenvalue weighted by Gasteiger charge is 2.28. The Labute approximate surface area is 213 Å². The lowest BCUT2D eigenvalue weighted by Crippen LogP contribution is -2.49. The van der Waals surface area contributed by atoms with Gasteiger partial charge in [0.05, 0.1) is 13.2 Å². The Morgan fingerprint density at radius 1 is 1.00 bits per heavy atom. The minimum absolute atomic E-state index is 0.0686. The van der Waals surface area contributed by atoms with Crippen molar-refractivity contribution in [3.05, 3.63) is 58.6 Å². The second kappa shape index (κ2) is 13.4. The molecule has 1 aliphatic rings. The average Bonchev–Trinajstić information content (AvgIpc) is 3.36. The van der Waals surface area contributed by atoms with E-state index in [4.69, 9.17) is 21.1 Å². The molecule has 0 aromatic heterocycles. The van der Waals surface area contributed by atoms with Gasteiger partial charge in [0, 0.05) is 24.0 Å². The van der Waals surface area contributed by atoms with E-state index in [0.717, 1.165) is 36.8 Å². The van der Waals surface area contributed by atoms with Crippen LogP contribution in [-0.4, -0.2) is 42.0 Å². The molecule has 2 aromatic rings. The first-order valence-electron chi connectivity index (χ1n) is 12.6. The number of carbonyl (C=O) groups is 2. The van der Waals surface area contributed by atoms with E-state index < -0.39 is 6.04 Å². The summed E-state index contributed by atoms with van der Waals surface area (Å²) in [5, 5.41) is 3.78. The van der Waals surface area contributed by atoms with Crippen molar-refractivity contribution >= 4 is 23.4 Å². The fourth-order valence-electron chi connectivity index (χ4n) is 4.41. The molecule has 1 unspecified atom stereocenters. The van der Waals surface area contributed by atoms with Crippen LogP contribution in [0.1, 0.15) is 64.0 Å². The summed E-state index contributed by atoms with van der Waals surface area (Å²) in [5.74, 6) is 1.22. The fourth-order valence-corrected chi connectivity index (χ4v) is 4.53. The van der Waals surface area contributed by atoms with Gasteiger partial charge in [-0.15, -0.1) is 0 Å². The lowest BCUT2D eigenvalue weighted by atomic mass is 10.1. The highest BCUT2D eigenvalue weighted by atomic mass is 35.5. The Morgan fingerprint density at radius 3 is 2.29 bits per heavy atom. The number of carbonyl (C=O) groups excluding carboxylic acids is 2. The van der Waals surface area contributed by atoms with Gasteiger partial charge in [0.25, 0.3) is 0 Å². The van der Waals surface area contributed by atoms with Crippen molar-refractivity contribution in [1.29, 1.82) is 0 Å². The summed E-state index contributed by atoms with van der Waals surface area (Å²) in [6.07, 6.45) is 5.11. The number of rotatable bonds is 12. The van der Waals surface area contributed by atoms with Gasteiger partial charge in [-0.3, -0.25) is 9.59 Å². The molecule has 7 heteroatoms. The maximum Gasteiger partial charge on any atom is 0.242 e. The number of hydrogen-bond donors (Lipinski definition) is 1. The van der Waals surface area contributed by atoms with Crippen molar-refractivity contribution in [2.75, 3.05) is 13.2 Å². The third-order valence-corrected chi connectivity index (χ3v) is 6.62. The van der Waals surface area contributed by atoms with E-state index in [9.17, 15) is 9.59 Å². The molecule has 2 amide bonds. The van der Waals surface area contributed by atoms with Gasteiger partial charge >= 0.3 is 0 Å². The van der Waals surface area contributed by atoms with Crippen LogP contribution in [0.25, 0.3) is 0 Å². The van der Waals surface area contributed by atoms with E-state index in [1.54, 1.807) is 17.0 Å². The summed E-state index contributed by atoms with van der Waals surface area (Å²) in [6, 6.07) is 12.8. The predicted octanol–water partition coefficient (Wildman–Crippen LogP) is 5.55. The van der Waals surface area contributed by atoms with Crippen molar-refractivity contribution in [1.82, 2.24) is 10.2 Å². The number of ether oxygens (including phenoxy) is 2. The number of benzene rings is 2. The Hall–Kier alpha value is -2.73. The van der Waals surface area contributed by atoms with Crippen molar-refractivity contribution in [3.8, 4) is 11.5 Å². The maximum atomic E-state index is 13.4. The zero-order chi connectivity index (χ0) is 25.2. The van der Waals surface area contributed by atoms with Crippen LogP contribution in [-0.2, 0) is 22.6 Å². The van der Waals surface area contributed by atoms with Gasteiger partial charge in [-0.1, -0.05) is 42.6 Å². The molecule has 1 saturated carbocycles. The summed E-state index contributed by atoms with van der Waals surface area (Å²) in [7, 11) is 0. The first-order valence-corrected chi connectivity index (χ1v) is 13.0. The van der Waals surface area contributed by atoms with Crippen LogP contribution in [0, 0.1) is 0 Å². The van der Waals surface area contributed by atoms with Crippen LogP contribution in [0.2, 0.25) is 5.02 Å². The maximum absolute atomic E-state index is 13.4. The van der Waals surface area contributed by atoms with Gasteiger partial charge in [0.15, 0.2) is 11.5 Å². The topological polar surface area (TPSA) is 67.9 Å². The number of amides is 2. The molecule has 3 rings (SSSR count). The third kappa shape index (κ3) is 7.89. The Bertz CT molecular complexity index is 973. The molecule has 1 fully saturated rings. The third-order valence-electron chi connectivity index (χ3n) is 6.37. The standard InChI is InChI=1S/C28H37ClN2O4/c1-4-34-25-16-12-21(18-26(25)35-5-2)13-17-27(32)31(19-22-10-14-23(29)15-11-22)20(3)28(33)30-24-8-6-7-9-24/h10-12,14-16,18,20,24H,4-9,13,17,19H2,1-3H3,(H,30,33). The van der Waals surface area contributed by atoms with E-state index >= 15 is 0 Å². The second-order valence-corrected chi connectivity index (χ2v) is 9.40. The summed E-state index contributed by atoms with van der Waals surface area (Å²) in [4.78, 5) is 28.1. The molecule has 0 radical (unpaired) electrons. The number of halogens is 1. The van der Waals surface area contributed by atoms with Crippen LogP contribution in [0.15, 0.2) is 42.5 Å². The normalized spacial score (nSPS) is 14.4. The molecule has 6 nitrogen and oxygen atoms in total. The van der Waals surface area contributed by atoms with Crippen LogP contribution in [0.4, 0.5) is 0 Å². The molecule has 0 spiro atoms. The smallest absolute Gasteiger partial charge is 0.242 e. The molecule has 35 heavy (non-hydrogen) atoms. The first-order chi connectivity index (χ1) is 16.9. The second-order valence-electron chi connectivity index (χ2n) is 8.96. The summed E-state index contributed by atoms with van der Waals surface area (Å²) in [6.45, 7) is 7.11. The van der Waals surface area contributed by atoms with Gasteiger partial charge < -0.3 is 19.7 Å². The number of aryl methyl sites for hydroxylation is 1. The fraction of sp³-hybridized carbons (Fsp3) is 0.500. The highest BCUT2D eigenvalue weighted by Crippen LogP contribution is 2.29. The summed E-state index contributed by atoms with van der Waals surface area (Å²) >= 11 is 6.04. The quantitative estimate of drug-likeness (QED) is 0.415. The predicted molar refractivity (Wildman–Crippen MR) is 139 cm³/mol. The average molecular weight is 501 g/mol. The number of nitrogens with zero attached hydrogens (tertiary/aromatic N) is 1. The van der Waals surface area contributed by atoms with Crippen molar-refractivity contribution in [2.45, 2.75) is 77.9 Å². The van der Waals surface area contributed by atoms with Crippen LogP contribution >= 0.6 is 11.6 Å². The van der Waals surface area contributed by atoms with Crippen LogP contribution in [0.5, 0.6) is 11.5 Å². The zero-order valence-corrected chi connectivity index (χ0v) is 21.8. The lowest BCUT2D eigenvalue weighted by molar-refractivity contribution is -0.140. The molecule has 0 saturated heterocycles. The molecular weight excluding hydrogens is 464 g/mol. The molecule has 0 bridgehead atoms. The Balaban J connectivity index is 1.72. The largest absolute Gasteiger partial charge is 0.490 e. The molecule has 0 aliphatic heterocycles. The molecule has 2 aromatic carbocycles. The first kappa shape index (κ1) is 26.9. The molecule has 190 valence electrons. The SMILES string of the molecule is CCOc1ccc(CCC(=O)N(Cc2ccc(Cl)cc2)C(C)C(=O)NC2CCCC2)cc1OCC. The van der Waals surface area contributed by atoms with Crippen LogP contribution < -0.4 is 14.8 Å². The van der Waals surface area contributed by atoms with Gasteiger partial charge in [0.2, 0.25) is 11.8 Å². The zero-order valence-electron chi connectivity index (χ0n) is 21.0. The minimum Gasteiger partial charge on any atom is -0.490 e. The van der Waals surface area contributed by atoms with Crippen molar-refractivity contribution < 1.29 is 19.1 Å². The molecule has 1 atom stereocenters. The Kier molecular flexibility index (Phi) is 10.3. The number of hydrogen-bond acceptors (Lipinski definition) is 4. The van der Waals surface area contributed by atoms with E-state index in [-0.39, 0.29) is 24.3 Å². The van der Waals surface area contributed by atoms with E-state index in [2.05, 4.69) is 5.32 Å². The van der Waals surface area contributed by atoms with Gasteiger partial charge in [0.1, 0.15) is 6.04 Å². The monoisotopic (exact) mass is 500 g/mol. The van der Waals surface area contributed by atoms with Gasteiger partial charge in [-0.25, -0.2) is 0 Å². The Morgan fingerprint density at radius 2 is 1.63 bits per heavy atom. The van der Waals surface area contributed by atoms with Gasteiger partial charge in [-0.2, -0.15) is 0 Å². The van der Waals surface area contributed by atoms with Gasteiger partial charge in [-0.05, 0) is 75.4 Å². The van der Waals surface area contributed by atoms with E-state index in [1.807, 2.05) is 51.1 Å². The summed E-state index contributed by atoms with van der Waals surface area (Å²) < 4.78 is 11.4. The van der Waals surface area contributed by atoms with E-state index in [1.165, 1.54) is 0 Å². The lowest BCUT2D eigenvalue weighted by Gasteiger charge is -2.30. The van der Waals surface area contributed by atoms with Crippen molar-refractivity contribution in [3.63, 3.8) is 0 Å². The van der Waals surface area contributed by atoms with Crippen molar-refractivity contribution in [2.24, 2.45) is 0 Å². The molecule has 0 heterocycles.